The molecule has 2 heterocycles. The first-order valence-corrected chi connectivity index (χ1v) is 7.79. The molecule has 2 atom stereocenters. The fraction of sp³-hybridized carbons (Fsp3) is 0.333. The lowest BCUT2D eigenvalue weighted by Crippen LogP contribution is -2.36. The Morgan fingerprint density at radius 3 is 2.90 bits per heavy atom. The molecule has 9 heteroatoms. The Kier molecular flexibility index (Phi) is 5.12. The van der Waals surface area contributed by atoms with Gasteiger partial charge in [-0.05, 0) is 6.42 Å². The van der Waals surface area contributed by atoms with Gasteiger partial charge in [0.1, 0.15) is 5.25 Å². The topological polar surface area (TPSA) is 110 Å². The third kappa shape index (κ3) is 3.92. The fourth-order valence-electron chi connectivity index (χ4n) is 1.84. The second-order valence-electron chi connectivity index (χ2n) is 4.33. The van der Waals surface area contributed by atoms with E-state index >= 15 is 0 Å². The summed E-state index contributed by atoms with van der Waals surface area (Å²) in [5.74, 6) is -0.655. The maximum atomic E-state index is 11.5. The Hall–Kier alpha value is -2.13. The highest BCUT2D eigenvalue weighted by atomic mass is 32.2. The van der Waals surface area contributed by atoms with Gasteiger partial charge < -0.3 is 0 Å². The molecule has 2 unspecified atom stereocenters. The number of aryl methyl sites for hydroxylation is 1. The Labute approximate surface area is 123 Å². The van der Waals surface area contributed by atoms with Crippen LogP contribution in [0.5, 0.6) is 0 Å². The summed E-state index contributed by atoms with van der Waals surface area (Å²) in [5, 5.41) is 12.0. The van der Waals surface area contributed by atoms with E-state index in [1.54, 1.807) is 35.7 Å². The molecule has 0 aliphatic heterocycles. The van der Waals surface area contributed by atoms with Gasteiger partial charge in [0, 0.05) is 47.8 Å². The first-order valence-electron chi connectivity index (χ1n) is 6.17. The molecule has 0 saturated heterocycles. The van der Waals surface area contributed by atoms with Gasteiger partial charge in [0.2, 0.25) is 0 Å². The lowest BCUT2D eigenvalue weighted by molar-refractivity contribution is -0.128. The van der Waals surface area contributed by atoms with Crippen molar-refractivity contribution in [3.05, 3.63) is 31.0 Å². The molecule has 0 aliphatic carbocycles. The number of rotatable bonds is 6. The summed E-state index contributed by atoms with van der Waals surface area (Å²) in [6.07, 6.45) is 9.96. The molecule has 0 aliphatic rings. The molecule has 2 aromatic rings. The van der Waals surface area contributed by atoms with E-state index in [1.165, 1.54) is 11.7 Å². The third-order valence-electron chi connectivity index (χ3n) is 2.92. The van der Waals surface area contributed by atoms with Gasteiger partial charge in [-0.25, -0.2) is 5.48 Å². The molecule has 8 nitrogen and oxygen atoms in total. The van der Waals surface area contributed by atoms with Gasteiger partial charge in [-0.15, -0.1) is 0 Å². The zero-order valence-corrected chi connectivity index (χ0v) is 12.2. The summed E-state index contributed by atoms with van der Waals surface area (Å²) in [5.41, 5.74) is 3.04. The highest BCUT2D eigenvalue weighted by molar-refractivity contribution is 7.85. The highest BCUT2D eigenvalue weighted by Gasteiger charge is 2.21. The second kappa shape index (κ2) is 7.04. The minimum atomic E-state index is -1.37. The maximum absolute atomic E-state index is 11.5. The molecule has 0 aromatic carbocycles. The summed E-state index contributed by atoms with van der Waals surface area (Å²) < 4.78 is 13.1. The standard InChI is InChI=1S/C12H15N5O3S/c1-21(20)11(12(18)16-19)2-5-17-8-9(6-15-17)10-7-13-3-4-14-10/h3-4,6-8,11,19H,2,5H2,1H3,(H,16,18). The lowest BCUT2D eigenvalue weighted by Gasteiger charge is -2.11. The van der Waals surface area contributed by atoms with Crippen LogP contribution in [0.4, 0.5) is 0 Å². The fourth-order valence-corrected chi connectivity index (χ4v) is 2.63. The van der Waals surface area contributed by atoms with Gasteiger partial charge in [-0.2, -0.15) is 5.10 Å². The van der Waals surface area contributed by atoms with Crippen molar-refractivity contribution in [1.82, 2.24) is 25.2 Å². The SMILES string of the molecule is CS(=O)C(CCn1cc(-c2cnccn2)cn1)C(=O)NO. The van der Waals surface area contributed by atoms with Gasteiger partial charge in [-0.3, -0.25) is 28.9 Å². The van der Waals surface area contributed by atoms with Crippen LogP contribution >= 0.6 is 0 Å². The summed E-state index contributed by atoms with van der Waals surface area (Å²) in [6, 6.07) is 0. The number of nitrogens with zero attached hydrogens (tertiary/aromatic N) is 4. The van der Waals surface area contributed by atoms with Gasteiger partial charge >= 0.3 is 0 Å². The zero-order valence-electron chi connectivity index (χ0n) is 11.3. The molecule has 2 aromatic heterocycles. The second-order valence-corrected chi connectivity index (χ2v) is 5.90. The lowest BCUT2D eigenvalue weighted by atomic mass is 10.2. The molecular weight excluding hydrogens is 294 g/mol. The van der Waals surface area contributed by atoms with Gasteiger partial charge in [0.15, 0.2) is 0 Å². The predicted molar refractivity (Wildman–Crippen MR) is 75.7 cm³/mol. The predicted octanol–water partition coefficient (Wildman–Crippen LogP) is -0.0173. The molecule has 2 N–H and O–H groups in total. The van der Waals surface area contributed by atoms with Crippen LogP contribution in [0, 0.1) is 0 Å². The van der Waals surface area contributed by atoms with Crippen molar-refractivity contribution in [2.45, 2.75) is 18.2 Å². The molecule has 1 amide bonds. The first kappa shape index (κ1) is 15.3. The zero-order chi connectivity index (χ0) is 15.2. The number of hydroxylamine groups is 1. The van der Waals surface area contributed by atoms with E-state index in [4.69, 9.17) is 5.21 Å². The number of hydrogen-bond donors (Lipinski definition) is 2. The normalized spacial score (nSPS) is 13.6. The largest absolute Gasteiger partial charge is 0.289 e. The summed E-state index contributed by atoms with van der Waals surface area (Å²) in [4.78, 5) is 19.5. The van der Waals surface area contributed by atoms with Crippen molar-refractivity contribution in [1.29, 1.82) is 0 Å². The van der Waals surface area contributed by atoms with Crippen LogP contribution in [-0.2, 0) is 22.1 Å². The first-order chi connectivity index (χ1) is 10.1. The van der Waals surface area contributed by atoms with E-state index in [1.807, 2.05) is 0 Å². The van der Waals surface area contributed by atoms with Crippen molar-refractivity contribution >= 4 is 16.7 Å². The monoisotopic (exact) mass is 309 g/mol. The number of hydrogen-bond acceptors (Lipinski definition) is 6. The Balaban J connectivity index is 2.03. The molecule has 0 bridgehead atoms. The van der Waals surface area contributed by atoms with Crippen molar-refractivity contribution in [3.8, 4) is 11.3 Å². The van der Waals surface area contributed by atoms with Crippen LogP contribution in [0.15, 0.2) is 31.0 Å². The van der Waals surface area contributed by atoms with Crippen LogP contribution in [0.2, 0.25) is 0 Å². The van der Waals surface area contributed by atoms with E-state index in [9.17, 15) is 9.00 Å². The Morgan fingerprint density at radius 2 is 2.29 bits per heavy atom. The van der Waals surface area contributed by atoms with E-state index in [2.05, 4.69) is 15.1 Å². The van der Waals surface area contributed by atoms with Crippen molar-refractivity contribution in [2.24, 2.45) is 0 Å². The van der Waals surface area contributed by atoms with Gasteiger partial charge in [-0.1, -0.05) is 0 Å². The molecule has 0 radical (unpaired) electrons. The Bertz CT molecular complexity index is 631. The van der Waals surface area contributed by atoms with Crippen LogP contribution in [0.25, 0.3) is 11.3 Å². The minimum Gasteiger partial charge on any atom is -0.289 e. The summed E-state index contributed by atoms with van der Waals surface area (Å²) in [7, 11) is -1.37. The highest BCUT2D eigenvalue weighted by Crippen LogP contribution is 2.14. The van der Waals surface area contributed by atoms with Gasteiger partial charge in [0.25, 0.3) is 5.91 Å². The molecule has 21 heavy (non-hydrogen) atoms. The molecule has 0 spiro atoms. The van der Waals surface area contributed by atoms with E-state index in [0.717, 1.165) is 5.56 Å². The maximum Gasteiger partial charge on any atom is 0.259 e. The van der Waals surface area contributed by atoms with E-state index in [-0.39, 0.29) is 0 Å². The van der Waals surface area contributed by atoms with Crippen LogP contribution in [0.1, 0.15) is 6.42 Å². The number of amides is 1. The average Bonchev–Trinajstić information content (AvgIpc) is 2.96. The van der Waals surface area contributed by atoms with Gasteiger partial charge in [0.05, 0.1) is 18.1 Å². The number of aromatic nitrogens is 4. The summed E-state index contributed by atoms with van der Waals surface area (Å²) in [6.45, 7) is 0.401. The van der Waals surface area contributed by atoms with E-state index < -0.39 is 22.0 Å². The molecule has 0 saturated carbocycles. The Morgan fingerprint density at radius 1 is 1.48 bits per heavy atom. The average molecular weight is 309 g/mol. The van der Waals surface area contributed by atoms with Crippen molar-refractivity contribution in [3.63, 3.8) is 0 Å². The number of carbonyl (C=O) groups excluding carboxylic acids is 1. The quantitative estimate of drug-likeness (QED) is 0.573. The smallest absolute Gasteiger partial charge is 0.259 e. The van der Waals surface area contributed by atoms with Crippen molar-refractivity contribution in [2.75, 3.05) is 6.26 Å². The summed E-state index contributed by atoms with van der Waals surface area (Å²) >= 11 is 0. The molecule has 0 fully saturated rings. The number of nitrogens with one attached hydrogen (secondary N) is 1. The number of carbonyl (C=O) groups is 1. The van der Waals surface area contributed by atoms with Crippen LogP contribution in [0.3, 0.4) is 0 Å². The van der Waals surface area contributed by atoms with Crippen molar-refractivity contribution < 1.29 is 14.2 Å². The molecule has 112 valence electrons. The van der Waals surface area contributed by atoms with E-state index in [0.29, 0.717) is 18.7 Å². The molecule has 2 rings (SSSR count). The third-order valence-corrected chi connectivity index (χ3v) is 4.17. The van der Waals surface area contributed by atoms with Crippen LogP contribution < -0.4 is 5.48 Å². The minimum absolute atomic E-state index is 0.303. The van der Waals surface area contributed by atoms with Crippen LogP contribution in [-0.4, -0.2) is 46.6 Å². The molecular formula is C12H15N5O3S.